The summed E-state index contributed by atoms with van der Waals surface area (Å²) in [6, 6.07) is 0. The topological polar surface area (TPSA) is 54.0 Å². The predicted molar refractivity (Wildman–Crippen MR) is 69.0 cm³/mol. The first-order chi connectivity index (χ1) is 8.14. The Morgan fingerprint density at radius 2 is 2.53 bits per heavy atom. The molecule has 1 aliphatic rings. The molecule has 4 nitrogen and oxygen atoms in total. The Balaban J connectivity index is 1.87. The maximum absolute atomic E-state index is 12.0. The summed E-state index contributed by atoms with van der Waals surface area (Å²) in [5.41, 5.74) is -0.384. The van der Waals surface area contributed by atoms with Crippen molar-refractivity contribution in [2.45, 2.75) is 45.2 Å². The first-order valence-electron chi connectivity index (χ1n) is 6.11. The lowest BCUT2D eigenvalue weighted by Gasteiger charge is -2.22. The standard InChI is InChI=1S/C12H19N3OS/c1-3-9-7-13-10(17-9)8-14-11(16)12(2)5-4-6-15-12/h7,15H,3-6,8H2,1-2H3,(H,14,16). The van der Waals surface area contributed by atoms with Gasteiger partial charge in [0.1, 0.15) is 5.01 Å². The van der Waals surface area contributed by atoms with Gasteiger partial charge in [0.2, 0.25) is 5.91 Å². The summed E-state index contributed by atoms with van der Waals surface area (Å²) in [6.07, 6.45) is 4.88. The number of carbonyl (C=O) groups excluding carboxylic acids is 1. The quantitative estimate of drug-likeness (QED) is 0.854. The smallest absolute Gasteiger partial charge is 0.240 e. The minimum atomic E-state index is -0.384. The van der Waals surface area contributed by atoms with Crippen molar-refractivity contribution in [3.63, 3.8) is 0 Å². The Morgan fingerprint density at radius 3 is 3.12 bits per heavy atom. The van der Waals surface area contributed by atoms with Crippen LogP contribution in [0.1, 0.15) is 36.6 Å². The van der Waals surface area contributed by atoms with Crippen LogP contribution in [0.5, 0.6) is 0 Å². The third-order valence-corrected chi connectivity index (χ3v) is 4.36. The fourth-order valence-electron chi connectivity index (χ4n) is 2.03. The molecule has 2 N–H and O–H groups in total. The van der Waals surface area contributed by atoms with Gasteiger partial charge in [0.05, 0.1) is 12.1 Å². The summed E-state index contributed by atoms with van der Waals surface area (Å²) < 4.78 is 0. The zero-order valence-electron chi connectivity index (χ0n) is 10.4. The largest absolute Gasteiger partial charge is 0.348 e. The Morgan fingerprint density at radius 1 is 1.71 bits per heavy atom. The van der Waals surface area contributed by atoms with Gasteiger partial charge in [-0.2, -0.15) is 0 Å². The van der Waals surface area contributed by atoms with E-state index in [-0.39, 0.29) is 11.4 Å². The average Bonchev–Trinajstić information content (AvgIpc) is 2.95. The van der Waals surface area contributed by atoms with Crippen LogP contribution in [0.25, 0.3) is 0 Å². The van der Waals surface area contributed by atoms with Crippen molar-refractivity contribution >= 4 is 17.2 Å². The monoisotopic (exact) mass is 253 g/mol. The molecule has 1 unspecified atom stereocenters. The molecule has 0 saturated carbocycles. The van der Waals surface area contributed by atoms with Crippen LogP contribution in [0.15, 0.2) is 6.20 Å². The number of rotatable bonds is 4. The summed E-state index contributed by atoms with van der Waals surface area (Å²) in [6.45, 7) is 5.55. The van der Waals surface area contributed by atoms with Gasteiger partial charge in [-0.15, -0.1) is 11.3 Å². The molecule has 2 heterocycles. The van der Waals surface area contributed by atoms with Crippen LogP contribution in [0.2, 0.25) is 0 Å². The second-order valence-corrected chi connectivity index (χ2v) is 5.82. The van der Waals surface area contributed by atoms with Crippen LogP contribution >= 0.6 is 11.3 Å². The third kappa shape index (κ3) is 2.84. The van der Waals surface area contributed by atoms with Gasteiger partial charge < -0.3 is 10.6 Å². The van der Waals surface area contributed by atoms with E-state index in [1.807, 2.05) is 13.1 Å². The Labute approximate surface area is 106 Å². The molecule has 1 saturated heterocycles. The summed E-state index contributed by atoms with van der Waals surface area (Å²) in [5, 5.41) is 7.20. The lowest BCUT2D eigenvalue weighted by molar-refractivity contribution is -0.126. The highest BCUT2D eigenvalue weighted by molar-refractivity contribution is 7.11. The molecule has 1 aromatic rings. The van der Waals surface area contributed by atoms with E-state index in [1.54, 1.807) is 11.3 Å². The number of hydrogen-bond donors (Lipinski definition) is 2. The molecular weight excluding hydrogens is 234 g/mol. The van der Waals surface area contributed by atoms with E-state index in [4.69, 9.17) is 0 Å². The van der Waals surface area contributed by atoms with Gasteiger partial charge in [-0.1, -0.05) is 6.92 Å². The van der Waals surface area contributed by atoms with Crippen molar-refractivity contribution < 1.29 is 4.79 Å². The highest BCUT2D eigenvalue weighted by Gasteiger charge is 2.35. The lowest BCUT2D eigenvalue weighted by Crippen LogP contribution is -2.50. The molecule has 1 aliphatic heterocycles. The summed E-state index contributed by atoms with van der Waals surface area (Å²) in [7, 11) is 0. The first-order valence-corrected chi connectivity index (χ1v) is 6.92. The van der Waals surface area contributed by atoms with Crippen molar-refractivity contribution in [2.75, 3.05) is 6.54 Å². The molecule has 1 atom stereocenters. The zero-order valence-corrected chi connectivity index (χ0v) is 11.2. The summed E-state index contributed by atoms with van der Waals surface area (Å²) in [5.74, 6) is 0.0863. The number of thiazole rings is 1. The van der Waals surface area contributed by atoms with Crippen LogP contribution in [-0.4, -0.2) is 23.0 Å². The van der Waals surface area contributed by atoms with E-state index >= 15 is 0 Å². The highest BCUT2D eigenvalue weighted by Crippen LogP contribution is 2.19. The van der Waals surface area contributed by atoms with Crippen LogP contribution in [0.3, 0.4) is 0 Å². The number of hydrogen-bond acceptors (Lipinski definition) is 4. The molecule has 0 spiro atoms. The van der Waals surface area contributed by atoms with Gasteiger partial charge in [0.25, 0.3) is 0 Å². The second kappa shape index (κ2) is 5.14. The molecule has 2 rings (SSSR count). The molecule has 0 aliphatic carbocycles. The van der Waals surface area contributed by atoms with Crippen molar-refractivity contribution in [2.24, 2.45) is 0 Å². The number of amides is 1. The second-order valence-electron chi connectivity index (χ2n) is 4.62. The Hall–Kier alpha value is -0.940. The lowest BCUT2D eigenvalue weighted by atomic mass is 9.99. The Bertz CT molecular complexity index is 396. The minimum absolute atomic E-state index is 0.0863. The molecular formula is C12H19N3OS. The van der Waals surface area contributed by atoms with E-state index < -0.39 is 0 Å². The molecule has 94 valence electrons. The van der Waals surface area contributed by atoms with Crippen molar-refractivity contribution in [1.82, 2.24) is 15.6 Å². The van der Waals surface area contributed by atoms with Crippen LogP contribution in [-0.2, 0) is 17.8 Å². The average molecular weight is 253 g/mol. The number of nitrogens with zero attached hydrogens (tertiary/aromatic N) is 1. The molecule has 0 radical (unpaired) electrons. The van der Waals surface area contributed by atoms with Crippen LogP contribution in [0.4, 0.5) is 0 Å². The fraction of sp³-hybridized carbons (Fsp3) is 0.667. The van der Waals surface area contributed by atoms with Crippen LogP contribution < -0.4 is 10.6 Å². The van der Waals surface area contributed by atoms with Gasteiger partial charge in [-0.05, 0) is 32.7 Å². The van der Waals surface area contributed by atoms with Gasteiger partial charge in [-0.3, -0.25) is 4.79 Å². The minimum Gasteiger partial charge on any atom is -0.348 e. The third-order valence-electron chi connectivity index (χ3n) is 3.22. The van der Waals surface area contributed by atoms with Gasteiger partial charge >= 0.3 is 0 Å². The maximum Gasteiger partial charge on any atom is 0.240 e. The number of nitrogens with one attached hydrogen (secondary N) is 2. The summed E-state index contributed by atoms with van der Waals surface area (Å²) >= 11 is 1.67. The molecule has 5 heteroatoms. The van der Waals surface area contributed by atoms with E-state index in [0.29, 0.717) is 6.54 Å². The SMILES string of the molecule is CCc1cnc(CNC(=O)C2(C)CCCN2)s1. The first kappa shape index (κ1) is 12.5. The molecule has 1 fully saturated rings. The van der Waals surface area contributed by atoms with E-state index in [0.717, 1.165) is 30.8 Å². The van der Waals surface area contributed by atoms with Gasteiger partial charge in [-0.25, -0.2) is 4.98 Å². The van der Waals surface area contributed by atoms with Gasteiger partial charge in [0, 0.05) is 11.1 Å². The molecule has 17 heavy (non-hydrogen) atoms. The Kier molecular flexibility index (Phi) is 3.79. The number of carbonyl (C=O) groups is 1. The molecule has 0 aromatic carbocycles. The van der Waals surface area contributed by atoms with Crippen molar-refractivity contribution in [3.05, 3.63) is 16.1 Å². The molecule has 1 amide bonds. The van der Waals surface area contributed by atoms with Crippen molar-refractivity contribution in [1.29, 1.82) is 0 Å². The zero-order chi connectivity index (χ0) is 12.3. The number of aryl methyl sites for hydroxylation is 1. The van der Waals surface area contributed by atoms with E-state index in [1.165, 1.54) is 4.88 Å². The highest BCUT2D eigenvalue weighted by atomic mass is 32.1. The fourth-order valence-corrected chi connectivity index (χ4v) is 2.83. The maximum atomic E-state index is 12.0. The van der Waals surface area contributed by atoms with E-state index in [2.05, 4.69) is 22.5 Å². The normalized spacial score (nSPS) is 23.9. The van der Waals surface area contributed by atoms with Crippen LogP contribution in [0, 0.1) is 0 Å². The number of aromatic nitrogens is 1. The molecule has 0 bridgehead atoms. The van der Waals surface area contributed by atoms with Crippen molar-refractivity contribution in [3.8, 4) is 0 Å². The molecule has 1 aromatic heterocycles. The van der Waals surface area contributed by atoms with E-state index in [9.17, 15) is 4.79 Å². The summed E-state index contributed by atoms with van der Waals surface area (Å²) in [4.78, 5) is 17.6. The predicted octanol–water partition coefficient (Wildman–Crippen LogP) is 1.46. The van der Waals surface area contributed by atoms with Gasteiger partial charge in [0.15, 0.2) is 0 Å².